The van der Waals surface area contributed by atoms with Gasteiger partial charge in [-0.3, -0.25) is 0 Å². The number of nitrogens with one attached hydrogen (secondary N) is 2. The van der Waals surface area contributed by atoms with Crippen molar-refractivity contribution in [1.29, 1.82) is 0 Å². The summed E-state index contributed by atoms with van der Waals surface area (Å²) < 4.78 is 2.32. The summed E-state index contributed by atoms with van der Waals surface area (Å²) in [5, 5.41) is 6.40. The third-order valence-electron chi connectivity index (χ3n) is 5.52. The predicted octanol–water partition coefficient (Wildman–Crippen LogP) is 6.84. The van der Waals surface area contributed by atoms with E-state index in [9.17, 15) is 4.79 Å². The Labute approximate surface area is 193 Å². The zero-order valence-corrected chi connectivity index (χ0v) is 19.1. The maximum atomic E-state index is 12.5. The summed E-state index contributed by atoms with van der Waals surface area (Å²) in [6.07, 6.45) is 2.75. The van der Waals surface area contributed by atoms with Crippen LogP contribution in [0.4, 0.5) is 16.2 Å². The van der Waals surface area contributed by atoms with E-state index in [0.29, 0.717) is 10.7 Å². The summed E-state index contributed by atoms with van der Waals surface area (Å²) in [5.41, 5.74) is 5.67. The summed E-state index contributed by atoms with van der Waals surface area (Å²) in [4.78, 5) is 17.3. The first-order valence-corrected chi connectivity index (χ1v) is 11.3. The van der Waals surface area contributed by atoms with Gasteiger partial charge in [0.1, 0.15) is 5.82 Å². The number of benzene rings is 3. The smallest absolute Gasteiger partial charge is 0.323 e. The maximum absolute atomic E-state index is 12.5. The summed E-state index contributed by atoms with van der Waals surface area (Å²) in [6, 6.07) is 21.4. The average molecular weight is 447 g/mol. The minimum atomic E-state index is -0.294. The fourth-order valence-corrected chi connectivity index (χ4v) is 4.05. The number of fused-ring (bicyclic) bond motifs is 1. The number of aryl methyl sites for hydroxylation is 3. The van der Waals surface area contributed by atoms with Crippen LogP contribution in [0.1, 0.15) is 30.3 Å². The number of anilines is 2. The SMILES string of the molecule is CCCn1c(CCc2cccc(NC(=O)Nc3cccc(Cl)c3C)c2)nc2ccccc21. The molecule has 0 spiro atoms. The fourth-order valence-electron chi connectivity index (χ4n) is 3.88. The molecule has 0 unspecified atom stereocenters. The first kappa shape index (κ1) is 21.9. The van der Waals surface area contributed by atoms with Crippen molar-refractivity contribution in [3.8, 4) is 0 Å². The van der Waals surface area contributed by atoms with Crippen LogP contribution in [0.5, 0.6) is 0 Å². The lowest BCUT2D eigenvalue weighted by molar-refractivity contribution is 0.262. The minimum Gasteiger partial charge on any atom is -0.328 e. The van der Waals surface area contributed by atoms with Gasteiger partial charge in [0.15, 0.2) is 0 Å². The van der Waals surface area contributed by atoms with Crippen LogP contribution in [0, 0.1) is 6.92 Å². The largest absolute Gasteiger partial charge is 0.328 e. The highest BCUT2D eigenvalue weighted by Crippen LogP contribution is 2.23. The molecule has 0 aliphatic rings. The normalized spacial score (nSPS) is 11.0. The molecule has 0 aliphatic heterocycles. The van der Waals surface area contributed by atoms with Gasteiger partial charge in [-0.1, -0.05) is 48.9 Å². The molecular formula is C26H27ClN4O. The number of hydrogen-bond acceptors (Lipinski definition) is 2. The number of aromatic nitrogens is 2. The van der Waals surface area contributed by atoms with Gasteiger partial charge in [-0.25, -0.2) is 9.78 Å². The molecule has 2 amide bonds. The predicted molar refractivity (Wildman–Crippen MR) is 133 cm³/mol. The van der Waals surface area contributed by atoms with Gasteiger partial charge in [0.05, 0.1) is 11.0 Å². The van der Waals surface area contributed by atoms with Crippen LogP contribution in [0.3, 0.4) is 0 Å². The Morgan fingerprint density at radius 2 is 1.81 bits per heavy atom. The van der Waals surface area contributed by atoms with Gasteiger partial charge in [-0.2, -0.15) is 0 Å². The summed E-state index contributed by atoms with van der Waals surface area (Å²) in [5.74, 6) is 1.10. The second-order valence-electron chi connectivity index (χ2n) is 7.86. The van der Waals surface area contributed by atoms with Gasteiger partial charge in [0.25, 0.3) is 0 Å². The topological polar surface area (TPSA) is 59.0 Å². The van der Waals surface area contributed by atoms with E-state index >= 15 is 0 Å². The summed E-state index contributed by atoms with van der Waals surface area (Å²) in [7, 11) is 0. The number of carbonyl (C=O) groups is 1. The zero-order chi connectivity index (χ0) is 22.5. The van der Waals surface area contributed by atoms with Crippen LogP contribution >= 0.6 is 11.6 Å². The maximum Gasteiger partial charge on any atom is 0.323 e. The molecule has 0 atom stereocenters. The van der Waals surface area contributed by atoms with Gasteiger partial charge >= 0.3 is 6.03 Å². The van der Waals surface area contributed by atoms with E-state index in [-0.39, 0.29) is 6.03 Å². The Bertz CT molecular complexity index is 1250. The third kappa shape index (κ3) is 4.94. The van der Waals surface area contributed by atoms with E-state index in [1.54, 1.807) is 6.07 Å². The highest BCUT2D eigenvalue weighted by molar-refractivity contribution is 6.31. The molecule has 1 aromatic heterocycles. The first-order valence-electron chi connectivity index (χ1n) is 10.9. The zero-order valence-electron chi connectivity index (χ0n) is 18.4. The second kappa shape index (κ2) is 9.88. The molecule has 5 nitrogen and oxygen atoms in total. The molecule has 4 aromatic rings. The number of hydrogen-bond donors (Lipinski definition) is 2. The van der Waals surface area contributed by atoms with Crippen LogP contribution in [-0.2, 0) is 19.4 Å². The molecule has 0 aliphatic carbocycles. The van der Waals surface area contributed by atoms with Gasteiger partial charge in [0.2, 0.25) is 0 Å². The van der Waals surface area contributed by atoms with E-state index in [0.717, 1.165) is 54.0 Å². The number of para-hydroxylation sites is 2. The number of imidazole rings is 1. The molecule has 0 radical (unpaired) electrons. The van der Waals surface area contributed by atoms with Crippen LogP contribution < -0.4 is 10.6 Å². The van der Waals surface area contributed by atoms with E-state index in [1.807, 2.05) is 43.3 Å². The second-order valence-corrected chi connectivity index (χ2v) is 8.27. The van der Waals surface area contributed by atoms with Gasteiger partial charge < -0.3 is 15.2 Å². The number of nitrogens with zero attached hydrogens (tertiary/aromatic N) is 2. The standard InChI is InChI=1S/C26H27ClN4O/c1-3-16-31-24-13-5-4-11-23(24)29-25(31)15-14-19-8-6-9-20(17-19)28-26(32)30-22-12-7-10-21(27)18(22)2/h4-13,17H,3,14-16H2,1-2H3,(H2,28,30,32). The Morgan fingerprint density at radius 1 is 1.00 bits per heavy atom. The minimum absolute atomic E-state index is 0.294. The Hall–Kier alpha value is -3.31. The molecule has 0 bridgehead atoms. The van der Waals surface area contributed by atoms with E-state index < -0.39 is 0 Å². The van der Waals surface area contributed by atoms with Crippen molar-refractivity contribution in [1.82, 2.24) is 9.55 Å². The van der Waals surface area contributed by atoms with Gasteiger partial charge in [0, 0.05) is 29.4 Å². The Balaban J connectivity index is 1.43. The van der Waals surface area contributed by atoms with Gasteiger partial charge in [-0.15, -0.1) is 0 Å². The lowest BCUT2D eigenvalue weighted by atomic mass is 10.1. The lowest BCUT2D eigenvalue weighted by Gasteiger charge is -2.12. The van der Waals surface area contributed by atoms with E-state index in [2.05, 4.69) is 46.4 Å². The molecule has 32 heavy (non-hydrogen) atoms. The Kier molecular flexibility index (Phi) is 6.76. The van der Waals surface area contributed by atoms with Crippen LogP contribution in [0.15, 0.2) is 66.7 Å². The van der Waals surface area contributed by atoms with Crippen LogP contribution in [-0.4, -0.2) is 15.6 Å². The molecule has 0 saturated heterocycles. The average Bonchev–Trinajstić information content (AvgIpc) is 3.13. The number of rotatable bonds is 7. The van der Waals surface area contributed by atoms with Crippen LogP contribution in [0.2, 0.25) is 5.02 Å². The van der Waals surface area contributed by atoms with Crippen molar-refractivity contribution in [3.05, 3.63) is 88.7 Å². The summed E-state index contributed by atoms with van der Waals surface area (Å²) >= 11 is 6.14. The van der Waals surface area contributed by atoms with Crippen molar-refractivity contribution in [2.75, 3.05) is 10.6 Å². The monoisotopic (exact) mass is 446 g/mol. The molecule has 4 rings (SSSR count). The van der Waals surface area contributed by atoms with Crippen molar-refractivity contribution >= 4 is 40.0 Å². The fraction of sp³-hybridized carbons (Fsp3) is 0.231. The quantitative estimate of drug-likeness (QED) is 0.326. The molecular weight excluding hydrogens is 420 g/mol. The first-order chi connectivity index (χ1) is 15.5. The highest BCUT2D eigenvalue weighted by Gasteiger charge is 2.11. The van der Waals surface area contributed by atoms with Crippen LogP contribution in [0.25, 0.3) is 11.0 Å². The molecule has 3 aromatic carbocycles. The van der Waals surface area contributed by atoms with Crippen molar-refractivity contribution in [2.24, 2.45) is 0 Å². The van der Waals surface area contributed by atoms with Crippen molar-refractivity contribution in [3.63, 3.8) is 0 Å². The molecule has 2 N–H and O–H groups in total. The van der Waals surface area contributed by atoms with Crippen molar-refractivity contribution in [2.45, 2.75) is 39.7 Å². The van der Waals surface area contributed by atoms with Crippen molar-refractivity contribution < 1.29 is 4.79 Å². The number of halogens is 1. The number of carbonyl (C=O) groups excluding carboxylic acids is 1. The van der Waals surface area contributed by atoms with E-state index in [4.69, 9.17) is 16.6 Å². The number of urea groups is 1. The van der Waals surface area contributed by atoms with E-state index in [1.165, 1.54) is 5.52 Å². The molecule has 1 heterocycles. The highest BCUT2D eigenvalue weighted by atomic mass is 35.5. The number of amides is 2. The molecule has 0 saturated carbocycles. The molecule has 164 valence electrons. The third-order valence-corrected chi connectivity index (χ3v) is 5.93. The molecule has 6 heteroatoms. The molecule has 0 fully saturated rings. The van der Waals surface area contributed by atoms with Gasteiger partial charge in [-0.05, 0) is 67.3 Å². The summed E-state index contributed by atoms with van der Waals surface area (Å²) in [6.45, 7) is 5.02. The Morgan fingerprint density at radius 3 is 2.66 bits per heavy atom. The lowest BCUT2D eigenvalue weighted by Crippen LogP contribution is -2.20.